The molecule has 0 spiro atoms. The van der Waals surface area contributed by atoms with Crippen molar-refractivity contribution in [2.45, 2.75) is 25.5 Å². The Morgan fingerprint density at radius 2 is 1.74 bits per heavy atom. The fraction of sp³-hybridized carbons (Fsp3) is 0.160. The van der Waals surface area contributed by atoms with Crippen LogP contribution in [-0.2, 0) is 11.3 Å². The second kappa shape index (κ2) is 9.48. The van der Waals surface area contributed by atoms with Crippen molar-refractivity contribution in [2.75, 3.05) is 11.1 Å². The number of thioether (sulfide) groups is 1. The second-order valence-electron chi connectivity index (χ2n) is 7.96. The largest absolute Gasteiger partial charge is 0.325 e. The van der Waals surface area contributed by atoms with E-state index in [1.54, 1.807) is 4.68 Å². The van der Waals surface area contributed by atoms with E-state index in [1.165, 1.54) is 11.8 Å². The van der Waals surface area contributed by atoms with Gasteiger partial charge in [0.05, 0.1) is 11.3 Å². The number of nitrogens with zero attached hydrogens (tertiary/aromatic N) is 6. The zero-order chi connectivity index (χ0) is 23.5. The average molecular weight is 470 g/mol. The zero-order valence-corrected chi connectivity index (χ0v) is 19.7. The molecular formula is C25H23N7OS. The first-order valence-electron chi connectivity index (χ1n) is 10.9. The van der Waals surface area contributed by atoms with Crippen LogP contribution in [0, 0.1) is 13.8 Å². The number of hydrogen-bond donors (Lipinski definition) is 1. The van der Waals surface area contributed by atoms with Crippen molar-refractivity contribution >= 4 is 34.4 Å². The highest BCUT2D eigenvalue weighted by Crippen LogP contribution is 2.24. The molecule has 170 valence electrons. The monoisotopic (exact) mass is 469 g/mol. The highest BCUT2D eigenvalue weighted by molar-refractivity contribution is 7.99. The van der Waals surface area contributed by atoms with Crippen LogP contribution in [0.5, 0.6) is 0 Å². The molecule has 8 nitrogen and oxygen atoms in total. The van der Waals surface area contributed by atoms with Crippen molar-refractivity contribution in [1.29, 1.82) is 0 Å². The van der Waals surface area contributed by atoms with Crippen LogP contribution >= 0.6 is 11.8 Å². The van der Waals surface area contributed by atoms with Gasteiger partial charge in [0.15, 0.2) is 11.0 Å². The molecule has 0 aliphatic rings. The van der Waals surface area contributed by atoms with E-state index < -0.39 is 0 Å². The van der Waals surface area contributed by atoms with Gasteiger partial charge in [0.2, 0.25) is 5.91 Å². The summed E-state index contributed by atoms with van der Waals surface area (Å²) in [7, 11) is 0. The first-order chi connectivity index (χ1) is 16.6. The third-order valence-electron chi connectivity index (χ3n) is 5.43. The Bertz CT molecular complexity index is 1460. The fourth-order valence-corrected chi connectivity index (χ4v) is 4.46. The number of hydrogen-bond acceptors (Lipinski definition) is 6. The van der Waals surface area contributed by atoms with Crippen molar-refractivity contribution in [3.63, 3.8) is 0 Å². The van der Waals surface area contributed by atoms with Gasteiger partial charge in [-0.05, 0) is 55.3 Å². The summed E-state index contributed by atoms with van der Waals surface area (Å²) < 4.78 is 3.77. The van der Waals surface area contributed by atoms with E-state index in [-0.39, 0.29) is 11.7 Å². The summed E-state index contributed by atoms with van der Waals surface area (Å²) in [6.07, 6.45) is 0. The first-order valence-corrected chi connectivity index (χ1v) is 11.8. The van der Waals surface area contributed by atoms with E-state index in [9.17, 15) is 4.79 Å². The van der Waals surface area contributed by atoms with Gasteiger partial charge in [-0.3, -0.25) is 9.36 Å². The molecule has 0 fully saturated rings. The number of benzene rings is 3. The lowest BCUT2D eigenvalue weighted by Gasteiger charge is -2.11. The third kappa shape index (κ3) is 4.55. The van der Waals surface area contributed by atoms with Crippen molar-refractivity contribution in [3.05, 3.63) is 89.7 Å². The van der Waals surface area contributed by atoms with E-state index in [0.717, 1.165) is 33.5 Å². The molecule has 0 atom stereocenters. The predicted octanol–water partition coefficient (Wildman–Crippen LogP) is 4.41. The number of carbonyl (C=O) groups excluding carboxylic acids is 1. The topological polar surface area (TPSA) is 90.5 Å². The number of aryl methyl sites for hydroxylation is 2. The van der Waals surface area contributed by atoms with Gasteiger partial charge in [0, 0.05) is 11.4 Å². The number of anilines is 1. The summed E-state index contributed by atoms with van der Waals surface area (Å²) in [5.74, 6) is 0.828. The molecule has 0 unspecified atom stereocenters. The van der Waals surface area contributed by atoms with Crippen LogP contribution in [0.25, 0.3) is 16.7 Å². The lowest BCUT2D eigenvalue weighted by Crippen LogP contribution is -2.15. The van der Waals surface area contributed by atoms with Gasteiger partial charge in [0.25, 0.3) is 0 Å². The van der Waals surface area contributed by atoms with Crippen molar-refractivity contribution in [1.82, 2.24) is 29.8 Å². The maximum absolute atomic E-state index is 12.7. The van der Waals surface area contributed by atoms with Crippen LogP contribution in [0.3, 0.4) is 0 Å². The van der Waals surface area contributed by atoms with Gasteiger partial charge < -0.3 is 5.32 Å². The Balaban J connectivity index is 1.39. The molecule has 5 rings (SSSR count). The van der Waals surface area contributed by atoms with Gasteiger partial charge in [-0.15, -0.1) is 15.3 Å². The normalized spacial score (nSPS) is 11.1. The smallest absolute Gasteiger partial charge is 0.234 e. The number of para-hydroxylation sites is 2. The summed E-state index contributed by atoms with van der Waals surface area (Å²) in [5, 5.41) is 21.0. The number of aromatic nitrogens is 6. The van der Waals surface area contributed by atoms with E-state index in [0.29, 0.717) is 17.5 Å². The molecule has 34 heavy (non-hydrogen) atoms. The Kier molecular flexibility index (Phi) is 6.09. The van der Waals surface area contributed by atoms with Crippen molar-refractivity contribution in [3.8, 4) is 5.69 Å². The molecule has 0 saturated heterocycles. The summed E-state index contributed by atoms with van der Waals surface area (Å²) in [5.41, 5.74) is 5.62. The molecule has 0 aliphatic carbocycles. The van der Waals surface area contributed by atoms with Crippen molar-refractivity contribution in [2.24, 2.45) is 0 Å². The Labute approximate surface area is 201 Å². The standard InChI is InChI=1S/C25H23N7OS/c1-17-12-13-18(2)21(14-17)26-24(33)16-34-25-29-28-23(32(25)19-8-4-3-5-9-19)15-31-22-11-7-6-10-20(22)27-30-31/h3-14H,15-16H2,1-2H3,(H,26,33). The number of carbonyl (C=O) groups is 1. The summed E-state index contributed by atoms with van der Waals surface area (Å²) >= 11 is 1.35. The van der Waals surface area contributed by atoms with Crippen LogP contribution in [0.2, 0.25) is 0 Å². The number of amides is 1. The lowest BCUT2D eigenvalue weighted by molar-refractivity contribution is -0.113. The summed E-state index contributed by atoms with van der Waals surface area (Å²) in [4.78, 5) is 12.7. The quantitative estimate of drug-likeness (QED) is 0.355. The lowest BCUT2D eigenvalue weighted by atomic mass is 10.1. The molecule has 0 saturated carbocycles. The van der Waals surface area contributed by atoms with Gasteiger partial charge in [-0.2, -0.15) is 0 Å². The molecule has 5 aromatic rings. The maximum Gasteiger partial charge on any atom is 0.234 e. The molecule has 2 aromatic heterocycles. The van der Waals surface area contributed by atoms with Crippen LogP contribution in [0.4, 0.5) is 5.69 Å². The van der Waals surface area contributed by atoms with E-state index in [1.807, 2.05) is 91.2 Å². The number of fused-ring (bicyclic) bond motifs is 1. The highest BCUT2D eigenvalue weighted by atomic mass is 32.2. The van der Waals surface area contributed by atoms with Gasteiger partial charge in [-0.25, -0.2) is 4.68 Å². The number of rotatable bonds is 7. The Hall–Kier alpha value is -3.98. The average Bonchev–Trinajstić information content (AvgIpc) is 3.45. The second-order valence-corrected chi connectivity index (χ2v) is 8.90. The van der Waals surface area contributed by atoms with Crippen LogP contribution in [-0.4, -0.2) is 41.4 Å². The Morgan fingerprint density at radius 3 is 2.59 bits per heavy atom. The Morgan fingerprint density at radius 1 is 0.941 bits per heavy atom. The van der Waals surface area contributed by atoms with E-state index in [2.05, 4.69) is 25.8 Å². The fourth-order valence-electron chi connectivity index (χ4n) is 3.69. The molecule has 9 heteroatoms. The minimum absolute atomic E-state index is 0.0925. The van der Waals surface area contributed by atoms with E-state index >= 15 is 0 Å². The first kappa shape index (κ1) is 21.8. The van der Waals surface area contributed by atoms with Gasteiger partial charge in [0.1, 0.15) is 12.1 Å². The molecule has 0 radical (unpaired) electrons. The minimum Gasteiger partial charge on any atom is -0.325 e. The third-order valence-corrected chi connectivity index (χ3v) is 6.35. The van der Waals surface area contributed by atoms with E-state index in [4.69, 9.17) is 0 Å². The van der Waals surface area contributed by atoms with Crippen molar-refractivity contribution < 1.29 is 4.79 Å². The molecular weight excluding hydrogens is 446 g/mol. The molecule has 1 N–H and O–H groups in total. The molecule has 0 aliphatic heterocycles. The maximum atomic E-state index is 12.7. The molecule has 1 amide bonds. The van der Waals surface area contributed by atoms with Gasteiger partial charge >= 0.3 is 0 Å². The molecule has 2 heterocycles. The molecule has 0 bridgehead atoms. The van der Waals surface area contributed by atoms with Crippen LogP contribution in [0.15, 0.2) is 78.0 Å². The van der Waals surface area contributed by atoms with Gasteiger partial charge in [-0.1, -0.05) is 59.4 Å². The SMILES string of the molecule is Cc1ccc(C)c(NC(=O)CSc2nnc(Cn3nnc4ccccc43)n2-c2ccccc2)c1. The van der Waals surface area contributed by atoms with Crippen LogP contribution < -0.4 is 5.32 Å². The zero-order valence-electron chi connectivity index (χ0n) is 18.8. The minimum atomic E-state index is -0.0925. The molecule has 3 aromatic carbocycles. The number of nitrogens with one attached hydrogen (secondary N) is 1. The predicted molar refractivity (Wildman–Crippen MR) is 133 cm³/mol. The van der Waals surface area contributed by atoms with Crippen LogP contribution in [0.1, 0.15) is 17.0 Å². The summed E-state index contributed by atoms with van der Waals surface area (Å²) in [6, 6.07) is 23.7. The highest BCUT2D eigenvalue weighted by Gasteiger charge is 2.18. The summed E-state index contributed by atoms with van der Waals surface area (Å²) in [6.45, 7) is 4.39.